The molecule has 1 fully saturated rings. The third-order valence-corrected chi connectivity index (χ3v) is 7.79. The minimum absolute atomic E-state index is 0.135. The van der Waals surface area contributed by atoms with E-state index in [1.54, 1.807) is 0 Å². The van der Waals surface area contributed by atoms with Crippen LogP contribution in [0.15, 0.2) is 91.0 Å². The van der Waals surface area contributed by atoms with Crippen molar-refractivity contribution in [2.75, 3.05) is 43.1 Å². The molecule has 1 saturated heterocycles. The van der Waals surface area contributed by atoms with Crippen LogP contribution >= 0.6 is 0 Å². The number of rotatable bonds is 11. The molecule has 0 atom stereocenters. The molecule has 1 aliphatic rings. The van der Waals surface area contributed by atoms with E-state index in [1.807, 2.05) is 67.6 Å². The Hall–Kier alpha value is -4.16. The molecule has 2 N–H and O–H groups in total. The molecule has 0 aromatic heterocycles. The van der Waals surface area contributed by atoms with Crippen LogP contribution < -0.4 is 15.5 Å². The molecule has 0 saturated carbocycles. The molecule has 6 heteroatoms. The van der Waals surface area contributed by atoms with Crippen LogP contribution in [0, 0.1) is 5.92 Å². The maximum absolute atomic E-state index is 13.4. The number of piperidine rings is 1. The minimum atomic E-state index is -0.201. The van der Waals surface area contributed by atoms with Gasteiger partial charge in [-0.2, -0.15) is 0 Å². The molecule has 5 rings (SSSR count). The molecule has 0 spiro atoms. The summed E-state index contributed by atoms with van der Waals surface area (Å²) in [4.78, 5) is 28.9. The number of nitrogens with zero attached hydrogens (tertiary/aromatic N) is 1. The van der Waals surface area contributed by atoms with E-state index in [4.69, 9.17) is 4.74 Å². The number of ether oxygens (including phenoxy) is 1. The van der Waals surface area contributed by atoms with Gasteiger partial charge in [0.05, 0.1) is 5.56 Å². The lowest BCUT2D eigenvalue weighted by Gasteiger charge is -2.35. The van der Waals surface area contributed by atoms with Crippen LogP contribution in [0.3, 0.4) is 0 Å². The monoisotopic (exact) mass is 549 g/mol. The second-order valence-corrected chi connectivity index (χ2v) is 10.7. The second-order valence-electron chi connectivity index (χ2n) is 10.7. The van der Waals surface area contributed by atoms with E-state index < -0.39 is 0 Å². The topological polar surface area (TPSA) is 70.7 Å². The Kier molecular flexibility index (Phi) is 9.65. The average molecular weight is 550 g/mol. The molecule has 1 heterocycles. The van der Waals surface area contributed by atoms with Crippen molar-refractivity contribution < 1.29 is 14.3 Å². The van der Waals surface area contributed by atoms with Crippen molar-refractivity contribution in [2.24, 2.45) is 5.92 Å². The first-order chi connectivity index (χ1) is 20.1. The molecule has 4 aromatic carbocycles. The van der Waals surface area contributed by atoms with Crippen LogP contribution in [0.4, 0.5) is 11.4 Å². The first kappa shape index (κ1) is 28.4. The van der Waals surface area contributed by atoms with Crippen LogP contribution in [-0.2, 0) is 11.2 Å². The van der Waals surface area contributed by atoms with Crippen molar-refractivity contribution in [3.05, 3.63) is 108 Å². The van der Waals surface area contributed by atoms with Crippen LogP contribution in [0.25, 0.3) is 10.8 Å². The third kappa shape index (κ3) is 7.53. The number of amides is 2. The van der Waals surface area contributed by atoms with Gasteiger partial charge in [-0.15, -0.1) is 0 Å². The summed E-state index contributed by atoms with van der Waals surface area (Å²) in [5, 5.41) is 8.16. The predicted molar refractivity (Wildman–Crippen MR) is 167 cm³/mol. The lowest BCUT2D eigenvalue weighted by atomic mass is 9.89. The number of fused-ring (bicyclic) bond motifs is 1. The SMILES string of the molecule is CCOCCCNC(=O)c1cc(NC(=O)c2ccc3ccccc3c2)ccc1N1CCC(Cc2ccccc2)CC1. The van der Waals surface area contributed by atoms with Gasteiger partial charge in [-0.1, -0.05) is 60.7 Å². The molecule has 41 heavy (non-hydrogen) atoms. The Morgan fingerprint density at radius 1 is 0.854 bits per heavy atom. The first-order valence-electron chi connectivity index (χ1n) is 14.7. The van der Waals surface area contributed by atoms with Crippen molar-refractivity contribution in [1.29, 1.82) is 0 Å². The predicted octanol–water partition coefficient (Wildman–Crippen LogP) is 6.71. The second kappa shape index (κ2) is 14.0. The van der Waals surface area contributed by atoms with Gasteiger partial charge < -0.3 is 20.3 Å². The quantitative estimate of drug-likeness (QED) is 0.204. The Labute approximate surface area is 242 Å². The van der Waals surface area contributed by atoms with E-state index in [9.17, 15) is 9.59 Å². The largest absolute Gasteiger partial charge is 0.382 e. The number of hydrogen-bond donors (Lipinski definition) is 2. The fourth-order valence-corrected chi connectivity index (χ4v) is 5.55. The number of anilines is 2. The summed E-state index contributed by atoms with van der Waals surface area (Å²) in [6.45, 7) is 5.56. The number of carbonyl (C=O) groups is 2. The molecule has 0 bridgehead atoms. The van der Waals surface area contributed by atoms with Crippen LogP contribution in [0.2, 0.25) is 0 Å². The van der Waals surface area contributed by atoms with Gasteiger partial charge in [-0.05, 0) is 85.2 Å². The Morgan fingerprint density at radius 3 is 2.39 bits per heavy atom. The van der Waals surface area contributed by atoms with Crippen LogP contribution in [0.5, 0.6) is 0 Å². The maximum Gasteiger partial charge on any atom is 0.255 e. The average Bonchev–Trinajstić information content (AvgIpc) is 3.01. The maximum atomic E-state index is 13.4. The number of carbonyl (C=O) groups excluding carboxylic acids is 2. The summed E-state index contributed by atoms with van der Waals surface area (Å²) >= 11 is 0. The molecule has 212 valence electrons. The molecule has 2 amide bonds. The molecular formula is C35H39N3O3. The third-order valence-electron chi connectivity index (χ3n) is 7.79. The summed E-state index contributed by atoms with van der Waals surface area (Å²) in [5.74, 6) is 0.294. The Morgan fingerprint density at radius 2 is 1.61 bits per heavy atom. The van der Waals surface area contributed by atoms with Crippen LogP contribution in [-0.4, -0.2) is 44.7 Å². The summed E-state index contributed by atoms with van der Waals surface area (Å²) in [5.41, 5.74) is 4.05. The van der Waals surface area contributed by atoms with Gasteiger partial charge in [-0.25, -0.2) is 0 Å². The van der Waals surface area contributed by atoms with Gasteiger partial charge in [0.1, 0.15) is 0 Å². The van der Waals surface area contributed by atoms with Gasteiger partial charge >= 0.3 is 0 Å². The first-order valence-corrected chi connectivity index (χ1v) is 14.7. The van der Waals surface area contributed by atoms with Crippen molar-refractivity contribution in [3.63, 3.8) is 0 Å². The highest BCUT2D eigenvalue weighted by molar-refractivity contribution is 6.08. The zero-order valence-corrected chi connectivity index (χ0v) is 23.8. The van der Waals surface area contributed by atoms with Gasteiger partial charge in [0.2, 0.25) is 0 Å². The van der Waals surface area contributed by atoms with Crippen LogP contribution in [0.1, 0.15) is 52.5 Å². The smallest absolute Gasteiger partial charge is 0.255 e. The summed E-state index contributed by atoms with van der Waals surface area (Å²) in [6.07, 6.45) is 3.98. The zero-order chi connectivity index (χ0) is 28.4. The summed E-state index contributed by atoms with van der Waals surface area (Å²) in [7, 11) is 0. The lowest BCUT2D eigenvalue weighted by Crippen LogP contribution is -2.36. The molecule has 0 radical (unpaired) electrons. The van der Waals surface area contributed by atoms with Gasteiger partial charge in [0.25, 0.3) is 11.8 Å². The molecule has 0 aliphatic carbocycles. The zero-order valence-electron chi connectivity index (χ0n) is 23.8. The highest BCUT2D eigenvalue weighted by Gasteiger charge is 2.24. The van der Waals surface area contributed by atoms with Gasteiger partial charge in [0.15, 0.2) is 0 Å². The van der Waals surface area contributed by atoms with E-state index in [2.05, 4.69) is 45.9 Å². The Balaban J connectivity index is 1.30. The number of hydrogen-bond acceptors (Lipinski definition) is 4. The van der Waals surface area contributed by atoms with Crippen molar-refractivity contribution in [1.82, 2.24) is 5.32 Å². The summed E-state index contributed by atoms with van der Waals surface area (Å²) < 4.78 is 5.42. The fraction of sp³-hybridized carbons (Fsp3) is 0.314. The van der Waals surface area contributed by atoms with E-state index in [-0.39, 0.29) is 11.8 Å². The molecule has 1 aliphatic heterocycles. The normalized spacial score (nSPS) is 13.7. The number of benzene rings is 4. The van der Waals surface area contributed by atoms with Crippen molar-refractivity contribution in [2.45, 2.75) is 32.6 Å². The lowest BCUT2D eigenvalue weighted by molar-refractivity contribution is 0.0943. The fourth-order valence-electron chi connectivity index (χ4n) is 5.55. The minimum Gasteiger partial charge on any atom is -0.382 e. The van der Waals surface area contributed by atoms with E-state index >= 15 is 0 Å². The highest BCUT2D eigenvalue weighted by Crippen LogP contribution is 2.30. The van der Waals surface area contributed by atoms with Crippen molar-refractivity contribution in [3.8, 4) is 0 Å². The standard InChI is InChI=1S/C35H39N3O3/c1-2-41-22-8-19-36-35(40)32-25-31(37-34(39)30-14-13-28-11-6-7-12-29(28)24-30)15-16-33(32)38-20-17-27(18-21-38)23-26-9-4-3-5-10-26/h3-7,9-16,24-25,27H,2,8,17-23H2,1H3,(H,36,40)(H,37,39). The highest BCUT2D eigenvalue weighted by atomic mass is 16.5. The molecule has 0 unspecified atom stereocenters. The van der Waals surface area contributed by atoms with E-state index in [1.165, 1.54) is 5.56 Å². The Bertz CT molecular complexity index is 1460. The number of nitrogens with one attached hydrogen (secondary N) is 2. The molecular weight excluding hydrogens is 510 g/mol. The van der Waals surface area contributed by atoms with E-state index in [0.717, 1.165) is 55.2 Å². The van der Waals surface area contributed by atoms with Gasteiger partial charge in [-0.3, -0.25) is 9.59 Å². The van der Waals surface area contributed by atoms with E-state index in [0.29, 0.717) is 42.5 Å². The molecule has 6 nitrogen and oxygen atoms in total. The molecule has 4 aromatic rings. The van der Waals surface area contributed by atoms with Gasteiger partial charge in [0, 0.05) is 49.8 Å². The summed E-state index contributed by atoms with van der Waals surface area (Å²) in [6, 6.07) is 30.0. The van der Waals surface area contributed by atoms with Crippen molar-refractivity contribution >= 4 is 34.0 Å².